The first-order valence-corrected chi connectivity index (χ1v) is 8.61. The molecule has 2 fully saturated rings. The van der Waals surface area contributed by atoms with Crippen LogP contribution in [0.1, 0.15) is 17.0 Å². The molecule has 2 atom stereocenters. The van der Waals surface area contributed by atoms with Gasteiger partial charge in [-0.15, -0.1) is 5.10 Å². The number of likely N-dealkylation sites (tertiary alicyclic amines) is 2. The van der Waals surface area contributed by atoms with Crippen LogP contribution >= 0.6 is 0 Å². The van der Waals surface area contributed by atoms with Crippen molar-refractivity contribution < 1.29 is 32.6 Å². The van der Waals surface area contributed by atoms with E-state index in [1.807, 2.05) is 4.90 Å². The van der Waals surface area contributed by atoms with Gasteiger partial charge in [-0.05, 0) is 13.5 Å². The van der Waals surface area contributed by atoms with Crippen LogP contribution in [0, 0.1) is 11.3 Å². The Morgan fingerprint density at radius 2 is 2.00 bits per heavy atom. The summed E-state index contributed by atoms with van der Waals surface area (Å²) in [5, 5.41) is 11.2. The summed E-state index contributed by atoms with van der Waals surface area (Å²) in [5.74, 6) is -2.03. The zero-order valence-electron chi connectivity index (χ0n) is 15.9. The van der Waals surface area contributed by atoms with Gasteiger partial charge in [0.05, 0.1) is 6.61 Å². The maximum atomic E-state index is 12.5. The Morgan fingerprint density at radius 1 is 1.36 bits per heavy atom. The fourth-order valence-corrected chi connectivity index (χ4v) is 3.84. The summed E-state index contributed by atoms with van der Waals surface area (Å²) in [4.78, 5) is 29.7. The molecule has 12 heteroatoms. The van der Waals surface area contributed by atoms with Gasteiger partial charge in [-0.25, -0.2) is 9.78 Å². The van der Waals surface area contributed by atoms with E-state index in [-0.39, 0.29) is 11.3 Å². The molecular weight excluding hydrogens is 383 g/mol. The van der Waals surface area contributed by atoms with Gasteiger partial charge in [0.25, 0.3) is 5.91 Å². The second kappa shape index (κ2) is 8.43. The first-order valence-electron chi connectivity index (χ1n) is 8.61. The van der Waals surface area contributed by atoms with Crippen LogP contribution < -0.4 is 0 Å². The number of carbonyl (C=O) groups is 2. The lowest BCUT2D eigenvalue weighted by Crippen LogP contribution is -2.38. The Hall–Kier alpha value is -2.21. The quantitative estimate of drug-likeness (QED) is 0.778. The Bertz CT molecular complexity index is 711. The first-order chi connectivity index (χ1) is 13.0. The van der Waals surface area contributed by atoms with Gasteiger partial charge in [0, 0.05) is 51.7 Å². The Labute approximate surface area is 160 Å². The van der Waals surface area contributed by atoms with Crippen LogP contribution in [0.4, 0.5) is 13.2 Å². The lowest BCUT2D eigenvalue weighted by Gasteiger charge is -2.29. The average Bonchev–Trinajstić information content (AvgIpc) is 3.28. The van der Waals surface area contributed by atoms with Crippen LogP contribution in [0.5, 0.6) is 0 Å². The molecule has 1 aromatic heterocycles. The number of hydrogen-bond acceptors (Lipinski definition) is 6. The zero-order valence-corrected chi connectivity index (χ0v) is 15.9. The Balaban J connectivity index is 0.000000345. The van der Waals surface area contributed by atoms with Crippen LogP contribution in [-0.2, 0) is 16.6 Å². The van der Waals surface area contributed by atoms with Crippen LogP contribution in [0.2, 0.25) is 0 Å². The van der Waals surface area contributed by atoms with Gasteiger partial charge in [-0.3, -0.25) is 9.48 Å². The number of aryl methyl sites for hydroxylation is 1. The van der Waals surface area contributed by atoms with E-state index >= 15 is 0 Å². The summed E-state index contributed by atoms with van der Waals surface area (Å²) in [6, 6.07) is 0. The number of amides is 1. The van der Waals surface area contributed by atoms with Crippen LogP contribution in [0.25, 0.3) is 0 Å². The van der Waals surface area contributed by atoms with Gasteiger partial charge in [-0.2, -0.15) is 13.2 Å². The van der Waals surface area contributed by atoms with Crippen molar-refractivity contribution >= 4 is 11.9 Å². The van der Waals surface area contributed by atoms with Gasteiger partial charge in [0.1, 0.15) is 6.33 Å². The summed E-state index contributed by atoms with van der Waals surface area (Å²) >= 11 is 0. The molecule has 2 saturated heterocycles. The minimum Gasteiger partial charge on any atom is -0.475 e. The highest BCUT2D eigenvalue weighted by atomic mass is 19.4. The molecule has 0 unspecified atom stereocenters. The van der Waals surface area contributed by atoms with Gasteiger partial charge >= 0.3 is 12.1 Å². The molecule has 1 N–H and O–H groups in total. The highest BCUT2D eigenvalue weighted by Gasteiger charge is 2.50. The topological polar surface area (TPSA) is 101 Å². The maximum Gasteiger partial charge on any atom is 0.490 e. The number of ether oxygens (including phenoxy) is 1. The minimum absolute atomic E-state index is 0.0572. The smallest absolute Gasteiger partial charge is 0.475 e. The van der Waals surface area contributed by atoms with Crippen molar-refractivity contribution in [2.45, 2.75) is 12.6 Å². The largest absolute Gasteiger partial charge is 0.490 e. The van der Waals surface area contributed by atoms with E-state index in [0.717, 1.165) is 39.2 Å². The average molecular weight is 407 g/mol. The predicted octanol–water partition coefficient (Wildman–Crippen LogP) is 0.489. The Morgan fingerprint density at radius 3 is 2.50 bits per heavy atom. The summed E-state index contributed by atoms with van der Waals surface area (Å²) in [7, 11) is 5.67. The van der Waals surface area contributed by atoms with E-state index in [1.54, 1.807) is 25.2 Å². The third kappa shape index (κ3) is 4.98. The van der Waals surface area contributed by atoms with Crippen molar-refractivity contribution in [2.24, 2.45) is 18.4 Å². The zero-order chi connectivity index (χ0) is 21.1. The molecule has 2 aliphatic heterocycles. The monoisotopic (exact) mass is 407 g/mol. The van der Waals surface area contributed by atoms with E-state index in [1.165, 1.54) is 0 Å². The molecule has 9 nitrogen and oxygen atoms in total. The standard InChI is InChI=1S/C14H23N5O2.C2HF3O2/c1-17-6-11(7-21-3)14(8-17)4-5-19(9-14)13(20)12-15-10-18(2)16-12;3-2(4,5)1(6)7/h10-11H,4-9H2,1-3H3;(H,6,7)/t11-,14-;/m1./s1. The van der Waals surface area contributed by atoms with Crippen molar-refractivity contribution in [1.82, 2.24) is 24.6 Å². The summed E-state index contributed by atoms with van der Waals surface area (Å²) in [5.41, 5.74) is 0.162. The van der Waals surface area contributed by atoms with E-state index < -0.39 is 12.1 Å². The molecule has 158 valence electrons. The van der Waals surface area contributed by atoms with Gasteiger partial charge < -0.3 is 19.6 Å². The number of hydrogen-bond donors (Lipinski definition) is 1. The SMILES string of the molecule is COC[C@H]1CN(C)C[C@@]12CCN(C(=O)c1ncn(C)n1)C2.O=C(O)C(F)(F)F. The molecular formula is C16H24F3N5O4. The summed E-state index contributed by atoms with van der Waals surface area (Å²) in [6.45, 7) is 4.39. The van der Waals surface area contributed by atoms with Gasteiger partial charge in [0.15, 0.2) is 0 Å². The van der Waals surface area contributed by atoms with Crippen molar-refractivity contribution in [3.8, 4) is 0 Å². The molecule has 28 heavy (non-hydrogen) atoms. The molecule has 2 aliphatic rings. The van der Waals surface area contributed by atoms with Crippen molar-refractivity contribution in [3.63, 3.8) is 0 Å². The summed E-state index contributed by atoms with van der Waals surface area (Å²) < 4.78 is 38.7. The second-order valence-electron chi connectivity index (χ2n) is 7.23. The minimum atomic E-state index is -5.08. The number of aliphatic carboxylic acids is 1. The predicted molar refractivity (Wildman–Crippen MR) is 90.5 cm³/mol. The van der Waals surface area contributed by atoms with E-state index in [9.17, 15) is 18.0 Å². The number of carboxylic acid groups (broad SMARTS) is 1. The van der Waals surface area contributed by atoms with Crippen molar-refractivity contribution in [1.29, 1.82) is 0 Å². The van der Waals surface area contributed by atoms with Crippen molar-refractivity contribution in [2.75, 3.05) is 46.9 Å². The lowest BCUT2D eigenvalue weighted by molar-refractivity contribution is -0.192. The number of methoxy groups -OCH3 is 1. The molecule has 0 radical (unpaired) electrons. The fourth-order valence-electron chi connectivity index (χ4n) is 3.84. The summed E-state index contributed by atoms with van der Waals surface area (Å²) in [6.07, 6.45) is -2.49. The van der Waals surface area contributed by atoms with E-state index in [2.05, 4.69) is 22.0 Å². The molecule has 3 rings (SSSR count). The number of alkyl halides is 3. The number of halogens is 3. The molecule has 3 heterocycles. The lowest BCUT2D eigenvalue weighted by atomic mass is 9.78. The maximum absolute atomic E-state index is 12.5. The van der Waals surface area contributed by atoms with Crippen molar-refractivity contribution in [3.05, 3.63) is 12.2 Å². The normalized spacial score (nSPS) is 25.1. The second-order valence-corrected chi connectivity index (χ2v) is 7.23. The van der Waals surface area contributed by atoms with Gasteiger partial charge in [0.2, 0.25) is 5.82 Å². The number of carboxylic acids is 1. The third-order valence-corrected chi connectivity index (χ3v) is 5.06. The number of carbonyl (C=O) groups excluding carboxylic acids is 1. The van der Waals surface area contributed by atoms with E-state index in [4.69, 9.17) is 14.6 Å². The molecule has 1 amide bonds. The third-order valence-electron chi connectivity index (χ3n) is 5.06. The first kappa shape index (κ1) is 22.1. The fraction of sp³-hybridized carbons (Fsp3) is 0.750. The molecule has 0 saturated carbocycles. The van der Waals surface area contributed by atoms with E-state index in [0.29, 0.717) is 11.7 Å². The number of nitrogens with zero attached hydrogens (tertiary/aromatic N) is 5. The molecule has 1 aromatic rings. The number of aromatic nitrogens is 3. The van der Waals surface area contributed by atoms with Crippen LogP contribution in [0.15, 0.2) is 6.33 Å². The molecule has 1 spiro atoms. The molecule has 0 aromatic carbocycles. The Kier molecular flexibility index (Phi) is 6.65. The highest BCUT2D eigenvalue weighted by molar-refractivity contribution is 5.90. The number of rotatable bonds is 3. The van der Waals surface area contributed by atoms with Crippen LogP contribution in [-0.4, -0.2) is 94.7 Å². The molecule has 0 bridgehead atoms. The van der Waals surface area contributed by atoms with Crippen LogP contribution in [0.3, 0.4) is 0 Å². The molecule has 0 aliphatic carbocycles. The van der Waals surface area contributed by atoms with Gasteiger partial charge in [-0.1, -0.05) is 0 Å². The highest BCUT2D eigenvalue weighted by Crippen LogP contribution is 2.43.